The SMILES string of the molecule is CC(CC(=O)Nc1ccc(CC(=O)N2CCN(c3ncccn3)CC2)cc1)NC(=O)c1ccccc1. The molecule has 1 aromatic heterocycles. The van der Waals surface area contributed by atoms with Crippen molar-refractivity contribution in [2.24, 2.45) is 0 Å². The molecule has 1 fully saturated rings. The van der Waals surface area contributed by atoms with Gasteiger partial charge in [-0.05, 0) is 42.8 Å². The van der Waals surface area contributed by atoms with E-state index in [0.717, 1.165) is 5.56 Å². The number of carbonyl (C=O) groups excluding carboxylic acids is 3. The smallest absolute Gasteiger partial charge is 0.251 e. The summed E-state index contributed by atoms with van der Waals surface area (Å²) in [7, 11) is 0. The molecule has 1 aliphatic rings. The lowest BCUT2D eigenvalue weighted by Gasteiger charge is -2.34. The van der Waals surface area contributed by atoms with Crippen molar-refractivity contribution in [2.45, 2.75) is 25.8 Å². The van der Waals surface area contributed by atoms with Gasteiger partial charge in [0.15, 0.2) is 0 Å². The first-order valence-electron chi connectivity index (χ1n) is 12.0. The predicted molar refractivity (Wildman–Crippen MR) is 138 cm³/mol. The largest absolute Gasteiger partial charge is 0.349 e. The standard InChI is InChI=1S/C27H30N6O3/c1-20(30-26(36)22-6-3-2-4-7-22)18-24(34)31-23-10-8-21(9-11-23)19-25(35)32-14-16-33(17-15-32)27-28-12-5-13-29-27/h2-13,20H,14-19H2,1H3,(H,30,36)(H,31,34). The third-order valence-electron chi connectivity index (χ3n) is 5.97. The van der Waals surface area contributed by atoms with Crippen molar-refractivity contribution in [3.8, 4) is 0 Å². The molecule has 0 bridgehead atoms. The van der Waals surface area contributed by atoms with Crippen LogP contribution in [0, 0.1) is 0 Å². The molecule has 1 unspecified atom stereocenters. The van der Waals surface area contributed by atoms with Gasteiger partial charge in [0, 0.05) is 62.3 Å². The first-order chi connectivity index (χ1) is 17.5. The van der Waals surface area contributed by atoms with Crippen molar-refractivity contribution in [1.29, 1.82) is 0 Å². The van der Waals surface area contributed by atoms with E-state index < -0.39 is 0 Å². The monoisotopic (exact) mass is 486 g/mol. The lowest BCUT2D eigenvalue weighted by molar-refractivity contribution is -0.130. The van der Waals surface area contributed by atoms with E-state index >= 15 is 0 Å². The van der Waals surface area contributed by atoms with E-state index in [1.165, 1.54) is 0 Å². The fourth-order valence-electron chi connectivity index (χ4n) is 4.04. The molecule has 9 nitrogen and oxygen atoms in total. The molecule has 4 rings (SSSR count). The van der Waals surface area contributed by atoms with Crippen LogP contribution in [-0.2, 0) is 16.0 Å². The topological polar surface area (TPSA) is 108 Å². The Kier molecular flexibility index (Phi) is 8.23. The molecule has 0 aliphatic carbocycles. The van der Waals surface area contributed by atoms with E-state index in [9.17, 15) is 14.4 Å². The number of rotatable bonds is 8. The Balaban J connectivity index is 1.20. The molecule has 0 spiro atoms. The maximum atomic E-state index is 12.8. The van der Waals surface area contributed by atoms with Crippen LogP contribution in [0.5, 0.6) is 0 Å². The summed E-state index contributed by atoms with van der Waals surface area (Å²) in [6, 6.07) is 17.6. The molecule has 2 N–H and O–H groups in total. The Morgan fingerprint density at radius 3 is 2.22 bits per heavy atom. The Labute approximate surface area is 210 Å². The van der Waals surface area contributed by atoms with Crippen molar-refractivity contribution in [1.82, 2.24) is 20.2 Å². The Hall–Kier alpha value is -4.27. The van der Waals surface area contributed by atoms with E-state index in [4.69, 9.17) is 0 Å². The highest BCUT2D eigenvalue weighted by molar-refractivity contribution is 5.95. The highest BCUT2D eigenvalue weighted by Gasteiger charge is 2.22. The summed E-state index contributed by atoms with van der Waals surface area (Å²) >= 11 is 0. The number of hydrogen-bond acceptors (Lipinski definition) is 6. The summed E-state index contributed by atoms with van der Waals surface area (Å²) in [5, 5.41) is 5.68. The van der Waals surface area contributed by atoms with Crippen molar-refractivity contribution in [3.63, 3.8) is 0 Å². The van der Waals surface area contributed by atoms with Gasteiger partial charge in [-0.1, -0.05) is 30.3 Å². The van der Waals surface area contributed by atoms with Crippen LogP contribution >= 0.6 is 0 Å². The Bertz CT molecular complexity index is 1160. The van der Waals surface area contributed by atoms with Gasteiger partial charge in [-0.3, -0.25) is 14.4 Å². The minimum Gasteiger partial charge on any atom is -0.349 e. The fraction of sp³-hybridized carbons (Fsp3) is 0.296. The second kappa shape index (κ2) is 11.9. The van der Waals surface area contributed by atoms with Gasteiger partial charge in [-0.15, -0.1) is 0 Å². The van der Waals surface area contributed by atoms with Crippen LogP contribution in [0.4, 0.5) is 11.6 Å². The molecule has 3 aromatic rings. The van der Waals surface area contributed by atoms with Gasteiger partial charge in [0.2, 0.25) is 17.8 Å². The van der Waals surface area contributed by atoms with E-state index in [1.807, 2.05) is 23.1 Å². The molecule has 1 aliphatic heterocycles. The number of nitrogens with zero attached hydrogens (tertiary/aromatic N) is 4. The molecule has 1 atom stereocenters. The van der Waals surface area contributed by atoms with Crippen LogP contribution < -0.4 is 15.5 Å². The van der Waals surface area contributed by atoms with Crippen LogP contribution in [0.1, 0.15) is 29.3 Å². The molecule has 3 amide bonds. The molecular weight excluding hydrogens is 456 g/mol. The van der Waals surface area contributed by atoms with Crippen LogP contribution in [0.25, 0.3) is 0 Å². The van der Waals surface area contributed by atoms with Crippen molar-refractivity contribution in [3.05, 3.63) is 84.2 Å². The maximum absolute atomic E-state index is 12.8. The van der Waals surface area contributed by atoms with Crippen LogP contribution in [-0.4, -0.2) is 64.8 Å². The molecule has 1 saturated heterocycles. The number of amides is 3. The number of piperazine rings is 1. The van der Waals surface area contributed by atoms with Crippen molar-refractivity contribution >= 4 is 29.4 Å². The Morgan fingerprint density at radius 1 is 0.889 bits per heavy atom. The minimum absolute atomic E-state index is 0.0726. The van der Waals surface area contributed by atoms with Crippen LogP contribution in [0.2, 0.25) is 0 Å². The van der Waals surface area contributed by atoms with Crippen LogP contribution in [0.3, 0.4) is 0 Å². The van der Waals surface area contributed by atoms with Crippen molar-refractivity contribution < 1.29 is 14.4 Å². The summed E-state index contributed by atoms with van der Waals surface area (Å²) < 4.78 is 0. The van der Waals surface area contributed by atoms with Gasteiger partial charge in [-0.2, -0.15) is 0 Å². The average Bonchev–Trinajstić information content (AvgIpc) is 2.90. The molecule has 186 valence electrons. The van der Waals surface area contributed by atoms with E-state index in [1.54, 1.807) is 61.8 Å². The third kappa shape index (κ3) is 6.88. The third-order valence-corrected chi connectivity index (χ3v) is 5.97. The van der Waals surface area contributed by atoms with E-state index in [0.29, 0.717) is 49.8 Å². The molecule has 36 heavy (non-hydrogen) atoms. The van der Waals surface area contributed by atoms with Crippen LogP contribution in [0.15, 0.2) is 73.1 Å². The highest BCUT2D eigenvalue weighted by atomic mass is 16.2. The number of benzene rings is 2. The summed E-state index contributed by atoms with van der Waals surface area (Å²) in [5.74, 6) is 0.360. The molecule has 9 heteroatoms. The first kappa shape index (κ1) is 24.8. The quantitative estimate of drug-likeness (QED) is 0.507. The Morgan fingerprint density at radius 2 is 1.56 bits per heavy atom. The zero-order valence-electron chi connectivity index (χ0n) is 20.3. The summed E-state index contributed by atoms with van der Waals surface area (Å²) in [4.78, 5) is 49.9. The molecule has 2 heterocycles. The first-order valence-corrected chi connectivity index (χ1v) is 12.0. The number of nitrogens with one attached hydrogen (secondary N) is 2. The van der Waals surface area contributed by atoms with Gasteiger partial charge in [0.1, 0.15) is 0 Å². The summed E-state index contributed by atoms with van der Waals surface area (Å²) in [6.07, 6.45) is 3.89. The van der Waals surface area contributed by atoms with E-state index in [2.05, 4.69) is 25.5 Å². The molecule has 0 saturated carbocycles. The average molecular weight is 487 g/mol. The maximum Gasteiger partial charge on any atom is 0.251 e. The zero-order valence-corrected chi connectivity index (χ0v) is 20.3. The van der Waals surface area contributed by atoms with Gasteiger partial charge in [0.05, 0.1) is 6.42 Å². The lowest BCUT2D eigenvalue weighted by Crippen LogP contribution is -2.49. The molecular formula is C27H30N6O3. The van der Waals surface area contributed by atoms with Crippen molar-refractivity contribution in [2.75, 3.05) is 36.4 Å². The summed E-state index contributed by atoms with van der Waals surface area (Å²) in [6.45, 7) is 4.45. The molecule has 0 radical (unpaired) electrons. The number of anilines is 2. The number of aromatic nitrogens is 2. The fourth-order valence-corrected chi connectivity index (χ4v) is 4.04. The molecule has 2 aromatic carbocycles. The van der Waals surface area contributed by atoms with Gasteiger partial charge in [-0.25, -0.2) is 9.97 Å². The zero-order chi connectivity index (χ0) is 25.3. The van der Waals surface area contributed by atoms with E-state index in [-0.39, 0.29) is 30.2 Å². The lowest BCUT2D eigenvalue weighted by atomic mass is 10.1. The normalized spacial score (nSPS) is 14.1. The number of hydrogen-bond donors (Lipinski definition) is 2. The van der Waals surface area contributed by atoms with Gasteiger partial charge < -0.3 is 20.4 Å². The van der Waals surface area contributed by atoms with Gasteiger partial charge >= 0.3 is 0 Å². The minimum atomic E-state index is -0.316. The van der Waals surface area contributed by atoms with Gasteiger partial charge in [0.25, 0.3) is 5.91 Å². The number of carbonyl (C=O) groups is 3. The second-order valence-corrected chi connectivity index (χ2v) is 8.78. The summed E-state index contributed by atoms with van der Waals surface area (Å²) in [5.41, 5.74) is 2.09. The highest BCUT2D eigenvalue weighted by Crippen LogP contribution is 2.14. The second-order valence-electron chi connectivity index (χ2n) is 8.78. The predicted octanol–water partition coefficient (Wildman–Crippen LogP) is 2.51.